The van der Waals surface area contributed by atoms with Crippen LogP contribution in [0.25, 0.3) is 34.2 Å². The molecule has 4 rings (SSSR count). The maximum atomic E-state index is 4.93. The van der Waals surface area contributed by atoms with E-state index in [2.05, 4.69) is 94.2 Å². The molecule has 0 spiro atoms. The Morgan fingerprint density at radius 1 is 0.474 bits per heavy atom. The Bertz CT molecular complexity index is 1210. The van der Waals surface area contributed by atoms with Crippen molar-refractivity contribution in [2.45, 2.75) is 78.1 Å². The number of hydrogen-bond donors (Lipinski definition) is 0. The average molecular weight is 635 g/mol. The summed E-state index contributed by atoms with van der Waals surface area (Å²) in [5.74, 6) is 2.06. The molecular formula is C33H37Br2N3. The van der Waals surface area contributed by atoms with Crippen LogP contribution in [0.5, 0.6) is 0 Å². The molecule has 3 nitrogen and oxygen atoms in total. The lowest BCUT2D eigenvalue weighted by molar-refractivity contribution is 0.667. The van der Waals surface area contributed by atoms with Crippen LogP contribution in [-0.4, -0.2) is 15.0 Å². The van der Waals surface area contributed by atoms with Crippen LogP contribution >= 0.6 is 31.9 Å². The topological polar surface area (TPSA) is 38.7 Å². The summed E-state index contributed by atoms with van der Waals surface area (Å²) in [5.41, 5.74) is 5.69. The van der Waals surface area contributed by atoms with Crippen LogP contribution in [0.1, 0.15) is 76.3 Å². The lowest BCUT2D eigenvalue weighted by Crippen LogP contribution is -2.00. The SMILES string of the molecule is CCCCCCc1ccc(-c2nc(-c3ccc(CCCCCC)cc3)nc(-c3cc(Br)cc(Br)c3)n2)cc1. The second-order valence-corrected chi connectivity index (χ2v) is 11.8. The van der Waals surface area contributed by atoms with E-state index in [1.165, 1.54) is 62.5 Å². The lowest BCUT2D eigenvalue weighted by atomic mass is 10.0. The van der Waals surface area contributed by atoms with Gasteiger partial charge in [0.25, 0.3) is 0 Å². The van der Waals surface area contributed by atoms with Gasteiger partial charge >= 0.3 is 0 Å². The number of rotatable bonds is 13. The lowest BCUT2D eigenvalue weighted by Gasteiger charge is -2.10. The van der Waals surface area contributed by atoms with Crippen LogP contribution < -0.4 is 0 Å². The van der Waals surface area contributed by atoms with Crippen molar-refractivity contribution in [1.29, 1.82) is 0 Å². The quantitative estimate of drug-likeness (QED) is 0.137. The van der Waals surface area contributed by atoms with Gasteiger partial charge in [0, 0.05) is 25.6 Å². The molecular weight excluding hydrogens is 598 g/mol. The van der Waals surface area contributed by atoms with Crippen LogP contribution in [-0.2, 0) is 12.8 Å². The van der Waals surface area contributed by atoms with Gasteiger partial charge in [-0.1, -0.05) is 133 Å². The average Bonchev–Trinajstić information content (AvgIpc) is 2.93. The molecule has 0 unspecified atom stereocenters. The third-order valence-electron chi connectivity index (χ3n) is 6.82. The summed E-state index contributed by atoms with van der Waals surface area (Å²) >= 11 is 7.22. The molecule has 1 aromatic heterocycles. The zero-order chi connectivity index (χ0) is 26.7. The zero-order valence-electron chi connectivity index (χ0n) is 22.5. The summed E-state index contributed by atoms with van der Waals surface area (Å²) < 4.78 is 1.95. The van der Waals surface area contributed by atoms with Crippen LogP contribution in [0.3, 0.4) is 0 Å². The van der Waals surface area contributed by atoms with Gasteiger partial charge in [-0.05, 0) is 55.0 Å². The number of aryl methyl sites for hydroxylation is 2. The van der Waals surface area contributed by atoms with Gasteiger partial charge < -0.3 is 0 Å². The van der Waals surface area contributed by atoms with E-state index >= 15 is 0 Å². The smallest absolute Gasteiger partial charge is 0.164 e. The molecule has 0 aliphatic rings. The first-order valence-electron chi connectivity index (χ1n) is 14.0. The van der Waals surface area contributed by atoms with E-state index in [1.54, 1.807) is 0 Å². The third-order valence-corrected chi connectivity index (χ3v) is 7.73. The van der Waals surface area contributed by atoms with Crippen molar-refractivity contribution in [2.24, 2.45) is 0 Å². The van der Waals surface area contributed by atoms with Gasteiger partial charge in [0.1, 0.15) is 0 Å². The van der Waals surface area contributed by atoms with E-state index in [0.29, 0.717) is 17.5 Å². The second-order valence-electron chi connectivity index (χ2n) is 9.98. The van der Waals surface area contributed by atoms with Gasteiger partial charge in [0.2, 0.25) is 0 Å². The minimum absolute atomic E-state index is 0.666. The summed E-state index contributed by atoms with van der Waals surface area (Å²) in [5, 5.41) is 0. The van der Waals surface area contributed by atoms with Gasteiger partial charge in [-0.15, -0.1) is 0 Å². The predicted octanol–water partition coefficient (Wildman–Crippen LogP) is 10.6. The van der Waals surface area contributed by atoms with Crippen molar-refractivity contribution in [3.05, 3.63) is 86.8 Å². The largest absolute Gasteiger partial charge is 0.208 e. The highest BCUT2D eigenvalue weighted by Gasteiger charge is 2.13. The van der Waals surface area contributed by atoms with Crippen molar-refractivity contribution in [1.82, 2.24) is 15.0 Å². The maximum absolute atomic E-state index is 4.93. The van der Waals surface area contributed by atoms with E-state index in [0.717, 1.165) is 38.5 Å². The Kier molecular flexibility index (Phi) is 11.1. The predicted molar refractivity (Wildman–Crippen MR) is 167 cm³/mol. The number of halogens is 2. The molecule has 0 atom stereocenters. The molecule has 0 aliphatic heterocycles. The van der Waals surface area contributed by atoms with E-state index in [-0.39, 0.29) is 0 Å². The van der Waals surface area contributed by atoms with Crippen molar-refractivity contribution in [2.75, 3.05) is 0 Å². The second kappa shape index (κ2) is 14.7. The number of hydrogen-bond acceptors (Lipinski definition) is 3. The third kappa shape index (κ3) is 8.31. The van der Waals surface area contributed by atoms with Crippen molar-refractivity contribution in [3.8, 4) is 34.2 Å². The van der Waals surface area contributed by atoms with E-state index in [9.17, 15) is 0 Å². The number of nitrogens with zero attached hydrogens (tertiary/aromatic N) is 3. The molecule has 0 fully saturated rings. The van der Waals surface area contributed by atoms with Gasteiger partial charge in [-0.2, -0.15) is 0 Å². The molecule has 0 amide bonds. The standard InChI is InChI=1S/C33H37Br2N3/c1-3-5-7-9-11-24-13-17-26(18-14-24)31-36-32(27-19-15-25(16-20-27)12-10-8-6-4-2)38-33(37-31)28-21-29(34)23-30(35)22-28/h13-23H,3-12H2,1-2H3. The first kappa shape index (κ1) is 28.6. The van der Waals surface area contributed by atoms with E-state index in [1.807, 2.05) is 18.2 Å². The first-order valence-corrected chi connectivity index (χ1v) is 15.6. The highest BCUT2D eigenvalue weighted by Crippen LogP contribution is 2.29. The van der Waals surface area contributed by atoms with Crippen LogP contribution in [0.4, 0.5) is 0 Å². The van der Waals surface area contributed by atoms with E-state index in [4.69, 9.17) is 15.0 Å². The summed E-state index contributed by atoms with van der Waals surface area (Å²) in [6.07, 6.45) is 12.4. The molecule has 0 aliphatic carbocycles. The Balaban J connectivity index is 1.64. The maximum Gasteiger partial charge on any atom is 0.164 e. The molecule has 198 valence electrons. The normalized spacial score (nSPS) is 11.2. The van der Waals surface area contributed by atoms with Gasteiger partial charge in [-0.25, -0.2) is 15.0 Å². The summed E-state index contributed by atoms with van der Waals surface area (Å²) in [6.45, 7) is 4.50. The molecule has 0 N–H and O–H groups in total. The molecule has 0 bridgehead atoms. The molecule has 0 saturated carbocycles. The van der Waals surface area contributed by atoms with E-state index < -0.39 is 0 Å². The number of benzene rings is 3. The summed E-state index contributed by atoms with van der Waals surface area (Å²) in [7, 11) is 0. The van der Waals surface area contributed by atoms with Crippen molar-refractivity contribution < 1.29 is 0 Å². The summed E-state index contributed by atoms with van der Waals surface area (Å²) in [6, 6.07) is 23.6. The zero-order valence-corrected chi connectivity index (χ0v) is 25.7. The van der Waals surface area contributed by atoms with Crippen molar-refractivity contribution in [3.63, 3.8) is 0 Å². The minimum atomic E-state index is 0.666. The highest BCUT2D eigenvalue weighted by molar-refractivity contribution is 9.11. The van der Waals surface area contributed by atoms with Gasteiger partial charge in [0.15, 0.2) is 17.5 Å². The molecule has 5 heteroatoms. The van der Waals surface area contributed by atoms with Crippen LogP contribution in [0.2, 0.25) is 0 Å². The molecule has 0 radical (unpaired) electrons. The van der Waals surface area contributed by atoms with Crippen LogP contribution in [0.15, 0.2) is 75.7 Å². The molecule has 3 aromatic carbocycles. The Labute approximate surface area is 244 Å². The Morgan fingerprint density at radius 3 is 1.26 bits per heavy atom. The van der Waals surface area contributed by atoms with Gasteiger partial charge in [0.05, 0.1) is 0 Å². The molecule has 4 aromatic rings. The fraction of sp³-hybridized carbons (Fsp3) is 0.364. The highest BCUT2D eigenvalue weighted by atomic mass is 79.9. The fourth-order valence-corrected chi connectivity index (χ4v) is 5.89. The fourth-order valence-electron chi connectivity index (χ4n) is 4.60. The first-order chi connectivity index (χ1) is 18.6. The van der Waals surface area contributed by atoms with Crippen molar-refractivity contribution >= 4 is 31.9 Å². The number of aromatic nitrogens is 3. The Morgan fingerprint density at radius 2 is 0.868 bits per heavy atom. The van der Waals surface area contributed by atoms with Gasteiger partial charge in [-0.3, -0.25) is 0 Å². The molecule has 38 heavy (non-hydrogen) atoms. The van der Waals surface area contributed by atoms with Crippen LogP contribution in [0, 0.1) is 0 Å². The Hall–Kier alpha value is -2.37. The molecule has 1 heterocycles. The minimum Gasteiger partial charge on any atom is -0.208 e. The monoisotopic (exact) mass is 633 g/mol. The number of unbranched alkanes of at least 4 members (excludes halogenated alkanes) is 6. The summed E-state index contributed by atoms with van der Waals surface area (Å²) in [4.78, 5) is 14.7. The molecule has 0 saturated heterocycles.